The number of piperidine rings is 1. The van der Waals surface area contributed by atoms with Gasteiger partial charge in [0, 0.05) is 25.7 Å². The molecule has 0 radical (unpaired) electrons. The average Bonchev–Trinajstić information content (AvgIpc) is 2.86. The van der Waals surface area contributed by atoms with Crippen molar-refractivity contribution >= 4 is 28.2 Å². The Balaban J connectivity index is 2.15. The van der Waals surface area contributed by atoms with Crippen LogP contribution in [0.25, 0.3) is 0 Å². The average molecular weight is 307 g/mol. The quantitative estimate of drug-likeness (QED) is 0.801. The van der Waals surface area contributed by atoms with Crippen LogP contribution in [0.1, 0.15) is 29.4 Å². The van der Waals surface area contributed by atoms with Crippen molar-refractivity contribution in [2.24, 2.45) is 5.73 Å². The Morgan fingerprint density at radius 2 is 2.24 bits per heavy atom. The van der Waals surface area contributed by atoms with Gasteiger partial charge in [-0.3, -0.25) is 4.79 Å². The number of nitrogen functional groups attached to an aromatic ring is 1. The summed E-state index contributed by atoms with van der Waals surface area (Å²) in [5.74, 6) is 2.62. The number of nitrogens with zero attached hydrogens (tertiary/aromatic N) is 3. The molecule has 6 nitrogen and oxygen atoms in total. The summed E-state index contributed by atoms with van der Waals surface area (Å²) in [4.78, 5) is 20.9. The SMILES string of the molecule is C#CCN(CC)C(=O)c1sc(N2CCC(N)CC2)nc1N. The Morgan fingerprint density at radius 3 is 2.81 bits per heavy atom. The zero-order chi connectivity index (χ0) is 15.4. The Morgan fingerprint density at radius 1 is 1.57 bits per heavy atom. The van der Waals surface area contributed by atoms with Crippen LogP contribution in [0.3, 0.4) is 0 Å². The van der Waals surface area contributed by atoms with Gasteiger partial charge in [-0.2, -0.15) is 0 Å². The van der Waals surface area contributed by atoms with E-state index in [4.69, 9.17) is 17.9 Å². The van der Waals surface area contributed by atoms with Crippen molar-refractivity contribution in [3.63, 3.8) is 0 Å². The summed E-state index contributed by atoms with van der Waals surface area (Å²) in [6, 6.07) is 0.255. The van der Waals surface area contributed by atoms with Gasteiger partial charge >= 0.3 is 0 Å². The number of rotatable bonds is 4. The second kappa shape index (κ2) is 6.78. The van der Waals surface area contributed by atoms with E-state index in [-0.39, 0.29) is 24.3 Å². The highest BCUT2D eigenvalue weighted by Gasteiger charge is 2.24. The summed E-state index contributed by atoms with van der Waals surface area (Å²) in [5, 5.41) is 0.791. The highest BCUT2D eigenvalue weighted by Crippen LogP contribution is 2.30. The monoisotopic (exact) mass is 307 g/mol. The van der Waals surface area contributed by atoms with Crippen molar-refractivity contribution < 1.29 is 4.79 Å². The summed E-state index contributed by atoms with van der Waals surface area (Å²) in [5.41, 5.74) is 11.8. The van der Waals surface area contributed by atoms with Crippen LogP contribution in [-0.4, -0.2) is 48.0 Å². The fourth-order valence-corrected chi connectivity index (χ4v) is 3.29. The highest BCUT2D eigenvalue weighted by molar-refractivity contribution is 7.18. The number of anilines is 2. The molecular formula is C14H21N5OS. The number of hydrogen-bond donors (Lipinski definition) is 2. The van der Waals surface area contributed by atoms with Crippen molar-refractivity contribution in [3.05, 3.63) is 4.88 Å². The zero-order valence-corrected chi connectivity index (χ0v) is 13.0. The lowest BCUT2D eigenvalue weighted by molar-refractivity contribution is 0.0790. The van der Waals surface area contributed by atoms with E-state index in [9.17, 15) is 4.79 Å². The Bertz CT molecular complexity index is 542. The molecule has 1 fully saturated rings. The molecule has 1 aromatic heterocycles. The van der Waals surface area contributed by atoms with Crippen molar-refractivity contribution in [2.75, 3.05) is 36.8 Å². The van der Waals surface area contributed by atoms with Gasteiger partial charge in [0.05, 0.1) is 6.54 Å². The molecule has 0 bridgehead atoms. The van der Waals surface area contributed by atoms with Gasteiger partial charge in [0.15, 0.2) is 5.13 Å². The molecule has 21 heavy (non-hydrogen) atoms. The first-order valence-electron chi connectivity index (χ1n) is 7.06. The lowest BCUT2D eigenvalue weighted by Crippen LogP contribution is -2.39. The zero-order valence-electron chi connectivity index (χ0n) is 12.2. The van der Waals surface area contributed by atoms with E-state index in [1.807, 2.05) is 6.92 Å². The van der Waals surface area contributed by atoms with Crippen LogP contribution in [0.15, 0.2) is 0 Å². The number of carbonyl (C=O) groups is 1. The molecule has 1 aliphatic rings. The third-order valence-electron chi connectivity index (χ3n) is 3.60. The first-order valence-corrected chi connectivity index (χ1v) is 7.88. The van der Waals surface area contributed by atoms with Gasteiger partial charge in [-0.15, -0.1) is 6.42 Å². The molecule has 2 heterocycles. The van der Waals surface area contributed by atoms with Crippen LogP contribution < -0.4 is 16.4 Å². The minimum Gasteiger partial charge on any atom is -0.382 e. The molecule has 0 atom stereocenters. The topological polar surface area (TPSA) is 88.5 Å². The van der Waals surface area contributed by atoms with Gasteiger partial charge in [0.2, 0.25) is 0 Å². The number of nitrogens with two attached hydrogens (primary N) is 2. The van der Waals surface area contributed by atoms with Gasteiger partial charge in [-0.25, -0.2) is 4.98 Å². The van der Waals surface area contributed by atoms with Crippen molar-refractivity contribution in [2.45, 2.75) is 25.8 Å². The van der Waals surface area contributed by atoms with Crippen molar-refractivity contribution in [1.29, 1.82) is 0 Å². The van der Waals surface area contributed by atoms with Crippen LogP contribution in [-0.2, 0) is 0 Å². The minimum absolute atomic E-state index is 0.148. The summed E-state index contributed by atoms with van der Waals surface area (Å²) in [6.07, 6.45) is 7.15. The molecule has 0 saturated carbocycles. The number of terminal acetylenes is 1. The van der Waals surface area contributed by atoms with E-state index in [1.54, 1.807) is 4.90 Å². The predicted octanol–water partition coefficient (Wildman–Crippen LogP) is 0.748. The van der Waals surface area contributed by atoms with Crippen LogP contribution in [0.4, 0.5) is 10.9 Å². The molecule has 4 N–H and O–H groups in total. The second-order valence-corrected chi connectivity index (χ2v) is 6.04. The Labute approximate surface area is 129 Å². The summed E-state index contributed by atoms with van der Waals surface area (Å²) < 4.78 is 0. The van der Waals surface area contributed by atoms with Crippen molar-refractivity contribution in [1.82, 2.24) is 9.88 Å². The fourth-order valence-electron chi connectivity index (χ4n) is 2.28. The summed E-state index contributed by atoms with van der Waals surface area (Å²) >= 11 is 1.33. The number of aromatic nitrogens is 1. The predicted molar refractivity (Wildman–Crippen MR) is 86.4 cm³/mol. The second-order valence-electron chi connectivity index (χ2n) is 5.06. The van der Waals surface area contributed by atoms with Gasteiger partial charge < -0.3 is 21.3 Å². The smallest absolute Gasteiger partial charge is 0.268 e. The summed E-state index contributed by atoms with van der Waals surface area (Å²) in [7, 11) is 0. The van der Waals surface area contributed by atoms with Gasteiger partial charge in [-0.05, 0) is 19.8 Å². The number of thiazole rings is 1. The van der Waals surface area contributed by atoms with E-state index >= 15 is 0 Å². The van der Waals surface area contributed by atoms with E-state index in [0.717, 1.165) is 31.1 Å². The van der Waals surface area contributed by atoms with Crippen LogP contribution in [0.2, 0.25) is 0 Å². The maximum atomic E-state index is 12.4. The van der Waals surface area contributed by atoms with Crippen LogP contribution in [0.5, 0.6) is 0 Å². The molecule has 0 unspecified atom stereocenters. The van der Waals surface area contributed by atoms with E-state index in [1.165, 1.54) is 11.3 Å². The van der Waals surface area contributed by atoms with Crippen molar-refractivity contribution in [3.8, 4) is 12.3 Å². The molecule has 0 aromatic carbocycles. The van der Waals surface area contributed by atoms with Gasteiger partial charge in [0.1, 0.15) is 10.7 Å². The third-order valence-corrected chi connectivity index (χ3v) is 4.72. The maximum absolute atomic E-state index is 12.4. The maximum Gasteiger partial charge on any atom is 0.268 e. The molecule has 0 aliphatic carbocycles. The highest BCUT2D eigenvalue weighted by atomic mass is 32.1. The largest absolute Gasteiger partial charge is 0.382 e. The van der Waals surface area contributed by atoms with Crippen LogP contribution in [0, 0.1) is 12.3 Å². The lowest BCUT2D eigenvalue weighted by atomic mass is 10.1. The lowest BCUT2D eigenvalue weighted by Gasteiger charge is -2.29. The van der Waals surface area contributed by atoms with E-state index < -0.39 is 0 Å². The molecule has 7 heteroatoms. The van der Waals surface area contributed by atoms with Crippen LogP contribution >= 0.6 is 11.3 Å². The number of amides is 1. The molecular weight excluding hydrogens is 286 g/mol. The molecule has 2 rings (SSSR count). The molecule has 1 saturated heterocycles. The fraction of sp³-hybridized carbons (Fsp3) is 0.571. The van der Waals surface area contributed by atoms with E-state index in [2.05, 4.69) is 15.8 Å². The minimum atomic E-state index is -0.148. The first kappa shape index (κ1) is 15.6. The Hall–Kier alpha value is -1.78. The normalized spacial score (nSPS) is 15.8. The molecule has 1 aliphatic heterocycles. The first-order chi connectivity index (χ1) is 10.1. The number of carbonyl (C=O) groups excluding carboxylic acids is 1. The third kappa shape index (κ3) is 3.46. The Kier molecular flexibility index (Phi) is 5.04. The van der Waals surface area contributed by atoms with Gasteiger partial charge in [0.25, 0.3) is 5.91 Å². The molecule has 1 aromatic rings. The van der Waals surface area contributed by atoms with Gasteiger partial charge in [-0.1, -0.05) is 17.3 Å². The number of hydrogen-bond acceptors (Lipinski definition) is 6. The molecule has 0 spiro atoms. The summed E-state index contributed by atoms with van der Waals surface area (Å²) in [6.45, 7) is 4.42. The van der Waals surface area contributed by atoms with E-state index in [0.29, 0.717) is 11.4 Å². The molecule has 114 valence electrons. The standard InChI is InChI=1S/C14H21N5OS/c1-3-7-18(4-2)13(20)11-12(16)17-14(21-11)19-8-5-10(15)6-9-19/h1,10H,4-9,15-16H2,2H3. The molecule has 1 amide bonds.